The largest absolute Gasteiger partial charge is 0.416 e. The molecule has 1 saturated heterocycles. The predicted molar refractivity (Wildman–Crippen MR) is 203 cm³/mol. The smallest absolute Gasteiger partial charge is 0.399 e. The van der Waals surface area contributed by atoms with E-state index in [1.165, 1.54) is 23.3 Å². The summed E-state index contributed by atoms with van der Waals surface area (Å²) < 4.78 is 44.2. The molecule has 0 aromatic heterocycles. The molecular formula is C43H45F3N4O4. The van der Waals surface area contributed by atoms with E-state index in [1.807, 2.05) is 58.4 Å². The van der Waals surface area contributed by atoms with Crippen molar-refractivity contribution in [2.45, 2.75) is 58.3 Å². The van der Waals surface area contributed by atoms with Crippen LogP contribution in [-0.4, -0.2) is 53.8 Å². The van der Waals surface area contributed by atoms with Gasteiger partial charge in [-0.1, -0.05) is 61.5 Å². The maximum absolute atomic E-state index is 13.1. The first-order valence-corrected chi connectivity index (χ1v) is 18.4. The van der Waals surface area contributed by atoms with Crippen molar-refractivity contribution in [3.8, 4) is 11.1 Å². The number of rotatable bonds is 7. The highest BCUT2D eigenvalue weighted by atomic mass is 19.4. The van der Waals surface area contributed by atoms with E-state index in [9.17, 15) is 27.6 Å². The van der Waals surface area contributed by atoms with Crippen molar-refractivity contribution in [2.75, 3.05) is 37.4 Å². The van der Waals surface area contributed by atoms with E-state index >= 15 is 0 Å². The molecule has 0 saturated carbocycles. The molecule has 7 rings (SSSR count). The zero-order valence-electron chi connectivity index (χ0n) is 30.3. The van der Waals surface area contributed by atoms with Crippen molar-refractivity contribution in [3.63, 3.8) is 0 Å². The third-order valence-electron chi connectivity index (χ3n) is 10.1. The Kier molecular flexibility index (Phi) is 12.2. The van der Waals surface area contributed by atoms with E-state index in [2.05, 4.69) is 12.2 Å². The number of alkyl halides is 3. The average Bonchev–Trinajstić information content (AvgIpc) is 3.73. The summed E-state index contributed by atoms with van der Waals surface area (Å²) >= 11 is 0. The van der Waals surface area contributed by atoms with Gasteiger partial charge in [-0.15, -0.1) is 0 Å². The molecule has 1 unspecified atom stereocenters. The van der Waals surface area contributed by atoms with Gasteiger partial charge in [0, 0.05) is 56.1 Å². The summed E-state index contributed by atoms with van der Waals surface area (Å²) in [5.74, 6) is -0.0632. The second-order valence-corrected chi connectivity index (χ2v) is 13.8. The van der Waals surface area contributed by atoms with E-state index in [4.69, 9.17) is 10.5 Å². The molecule has 11 heteroatoms. The van der Waals surface area contributed by atoms with Crippen LogP contribution in [0, 0.1) is 5.92 Å². The zero-order valence-corrected chi connectivity index (χ0v) is 30.3. The number of halogens is 3. The normalized spacial score (nSPS) is 16.6. The second-order valence-electron chi connectivity index (χ2n) is 13.8. The van der Waals surface area contributed by atoms with Crippen molar-refractivity contribution in [2.24, 2.45) is 5.92 Å². The number of nitrogens with one attached hydrogen (secondary N) is 1. The molecule has 0 bridgehead atoms. The van der Waals surface area contributed by atoms with Crippen LogP contribution >= 0.6 is 0 Å². The average molecular weight is 739 g/mol. The molecule has 8 nitrogen and oxygen atoms in total. The van der Waals surface area contributed by atoms with Crippen LogP contribution in [0.4, 0.5) is 24.5 Å². The molecule has 3 aliphatic rings. The van der Waals surface area contributed by atoms with E-state index in [1.54, 1.807) is 24.3 Å². The molecule has 282 valence electrons. The maximum atomic E-state index is 13.1. The molecular weight excluding hydrogens is 693 g/mol. The van der Waals surface area contributed by atoms with Crippen LogP contribution in [0.15, 0.2) is 97.1 Å². The van der Waals surface area contributed by atoms with Crippen LogP contribution < -0.4 is 11.1 Å². The topological polar surface area (TPSA) is 105 Å². The van der Waals surface area contributed by atoms with Gasteiger partial charge >= 0.3 is 6.18 Å². The Morgan fingerprint density at radius 2 is 1.54 bits per heavy atom. The molecule has 4 aromatic rings. The van der Waals surface area contributed by atoms with Gasteiger partial charge in [0.25, 0.3) is 5.91 Å². The Morgan fingerprint density at radius 3 is 2.24 bits per heavy atom. The molecule has 0 spiro atoms. The number of hydrogen-bond donors (Lipinski definition) is 2. The molecule has 3 amide bonds. The highest BCUT2D eigenvalue weighted by molar-refractivity contribution is 6.08. The minimum atomic E-state index is -4.42. The van der Waals surface area contributed by atoms with Gasteiger partial charge in [-0.2, -0.15) is 13.2 Å². The minimum absolute atomic E-state index is 0.0603. The highest BCUT2D eigenvalue weighted by Gasteiger charge is 2.31. The predicted octanol–water partition coefficient (Wildman–Crippen LogP) is 8.06. The zero-order chi connectivity index (χ0) is 38.2. The van der Waals surface area contributed by atoms with Crippen molar-refractivity contribution < 1.29 is 32.3 Å². The summed E-state index contributed by atoms with van der Waals surface area (Å²) in [6.45, 7) is 5.87. The molecule has 3 N–H and O–H groups in total. The first kappa shape index (κ1) is 38.3. The lowest BCUT2D eigenvalue weighted by atomic mass is 9.96. The maximum Gasteiger partial charge on any atom is 0.416 e. The SMILES string of the molecule is CCC=CCC(=O)N1CCc2cc(N)ccc2C1.O=C(Nc1ccc2c(c1)CCN(C(=O)C1CCOC1)C2)c1ccccc1-c1ccc(C(F)(F)F)cc1. The van der Waals surface area contributed by atoms with Crippen molar-refractivity contribution in [1.82, 2.24) is 9.80 Å². The van der Waals surface area contributed by atoms with Crippen LogP contribution in [-0.2, 0) is 46.4 Å². The Hall–Kier alpha value is -5.42. The van der Waals surface area contributed by atoms with Gasteiger partial charge in [0.15, 0.2) is 0 Å². The van der Waals surface area contributed by atoms with Crippen LogP contribution in [0.25, 0.3) is 11.1 Å². The second kappa shape index (κ2) is 17.2. The van der Waals surface area contributed by atoms with Crippen molar-refractivity contribution in [3.05, 3.63) is 130 Å². The Balaban J connectivity index is 0.000000232. The van der Waals surface area contributed by atoms with Crippen LogP contribution in [0.2, 0.25) is 0 Å². The van der Waals surface area contributed by atoms with Crippen LogP contribution in [0.5, 0.6) is 0 Å². The monoisotopic (exact) mass is 738 g/mol. The highest BCUT2D eigenvalue weighted by Crippen LogP contribution is 2.33. The number of nitrogens with zero attached hydrogens (tertiary/aromatic N) is 2. The number of nitrogen functional groups attached to an aromatic ring is 1. The molecule has 0 aliphatic carbocycles. The summed E-state index contributed by atoms with van der Waals surface area (Å²) in [4.78, 5) is 41.7. The number of fused-ring (bicyclic) bond motifs is 2. The van der Waals surface area contributed by atoms with E-state index in [-0.39, 0.29) is 23.6 Å². The lowest BCUT2D eigenvalue weighted by Crippen LogP contribution is -2.40. The fourth-order valence-corrected chi connectivity index (χ4v) is 7.04. The van der Waals surface area contributed by atoms with Gasteiger partial charge in [-0.3, -0.25) is 14.4 Å². The number of hydrogen-bond acceptors (Lipinski definition) is 5. The van der Waals surface area contributed by atoms with Gasteiger partial charge in [0.1, 0.15) is 0 Å². The number of benzene rings is 4. The summed E-state index contributed by atoms with van der Waals surface area (Å²) in [5.41, 5.74) is 12.5. The summed E-state index contributed by atoms with van der Waals surface area (Å²) in [5, 5.41) is 2.92. The van der Waals surface area contributed by atoms with Gasteiger partial charge in [-0.05, 0) is 102 Å². The third kappa shape index (κ3) is 9.38. The standard InChI is InChI=1S/C28H25F3N2O3.C15H20N2O/c29-28(30,31)22-8-5-18(6-9-22)24-3-1-2-4-25(24)26(34)32-23-10-7-20-16-33(13-11-19(20)15-23)27(35)21-12-14-36-17-21;1-2-3-4-5-15(18)17-9-8-12-10-14(16)7-6-13(12)11-17/h1-10,15,21H,11-14,16-17H2,(H,32,34);3-4,6-7,10H,2,5,8-9,11,16H2,1H3. The molecule has 4 aromatic carbocycles. The summed E-state index contributed by atoms with van der Waals surface area (Å²) in [6, 6.07) is 23.2. The fraction of sp³-hybridized carbons (Fsp3) is 0.326. The van der Waals surface area contributed by atoms with Gasteiger partial charge in [-0.25, -0.2) is 0 Å². The molecule has 3 aliphatic heterocycles. The van der Waals surface area contributed by atoms with Gasteiger partial charge in [0.05, 0.1) is 18.1 Å². The minimum Gasteiger partial charge on any atom is -0.399 e. The van der Waals surface area contributed by atoms with Gasteiger partial charge in [0.2, 0.25) is 11.8 Å². The molecule has 0 radical (unpaired) electrons. The molecule has 3 heterocycles. The molecule has 54 heavy (non-hydrogen) atoms. The fourth-order valence-electron chi connectivity index (χ4n) is 7.04. The lowest BCUT2D eigenvalue weighted by molar-refractivity contribution is -0.138. The van der Waals surface area contributed by atoms with Gasteiger partial charge < -0.3 is 25.6 Å². The number of carbonyl (C=O) groups excluding carboxylic acids is 3. The van der Waals surface area contributed by atoms with E-state index < -0.39 is 11.7 Å². The molecule has 1 fully saturated rings. The quantitative estimate of drug-likeness (QED) is 0.148. The number of carbonyl (C=O) groups is 3. The first-order valence-electron chi connectivity index (χ1n) is 18.4. The Bertz CT molecular complexity index is 2000. The first-order chi connectivity index (χ1) is 26.0. The summed E-state index contributed by atoms with van der Waals surface area (Å²) in [7, 11) is 0. The third-order valence-corrected chi connectivity index (χ3v) is 10.1. The number of nitrogens with two attached hydrogens (primary N) is 1. The summed E-state index contributed by atoms with van der Waals surface area (Å²) in [6.07, 6.45) is 3.44. The van der Waals surface area contributed by atoms with E-state index in [0.29, 0.717) is 68.1 Å². The van der Waals surface area contributed by atoms with Crippen LogP contribution in [0.1, 0.15) is 64.4 Å². The van der Waals surface area contributed by atoms with Crippen LogP contribution in [0.3, 0.4) is 0 Å². The lowest BCUT2D eigenvalue weighted by Gasteiger charge is -2.31. The number of allylic oxidation sites excluding steroid dienone is 1. The number of ether oxygens (including phenoxy) is 1. The number of anilines is 2. The van der Waals surface area contributed by atoms with Crippen molar-refractivity contribution >= 4 is 29.1 Å². The van der Waals surface area contributed by atoms with E-state index in [0.717, 1.165) is 54.8 Å². The Labute approximate surface area is 313 Å². The Morgan fingerprint density at radius 1 is 0.852 bits per heavy atom. The molecule has 1 atom stereocenters. The number of amides is 3. The van der Waals surface area contributed by atoms with Crippen molar-refractivity contribution in [1.29, 1.82) is 0 Å².